The number of benzene rings is 2. The van der Waals surface area contributed by atoms with E-state index in [4.69, 9.17) is 16.9 Å². The average molecular weight is 370 g/mol. The molecule has 0 unspecified atom stereocenters. The van der Waals surface area contributed by atoms with Crippen LogP contribution in [-0.4, -0.2) is 30.6 Å². The van der Waals surface area contributed by atoms with Gasteiger partial charge in [-0.05, 0) is 49.2 Å². The van der Waals surface area contributed by atoms with E-state index in [-0.39, 0.29) is 11.9 Å². The predicted molar refractivity (Wildman–Crippen MR) is 101 cm³/mol. The van der Waals surface area contributed by atoms with Crippen molar-refractivity contribution in [3.05, 3.63) is 64.2 Å². The van der Waals surface area contributed by atoms with Gasteiger partial charge in [0.1, 0.15) is 11.7 Å². The fourth-order valence-corrected chi connectivity index (χ4v) is 3.73. The molecule has 1 heterocycles. The molecule has 134 valence electrons. The van der Waals surface area contributed by atoms with Crippen LogP contribution in [0.25, 0.3) is 0 Å². The van der Waals surface area contributed by atoms with Gasteiger partial charge >= 0.3 is 0 Å². The van der Waals surface area contributed by atoms with Crippen LogP contribution in [0.15, 0.2) is 42.5 Å². The van der Waals surface area contributed by atoms with Crippen molar-refractivity contribution in [2.45, 2.75) is 25.0 Å². The highest BCUT2D eigenvalue weighted by Crippen LogP contribution is 2.40. The van der Waals surface area contributed by atoms with E-state index < -0.39 is 5.60 Å². The number of nitrogens with one attached hydrogen (secondary N) is 1. The van der Waals surface area contributed by atoms with Crippen LogP contribution in [0, 0.1) is 11.3 Å². The van der Waals surface area contributed by atoms with Crippen molar-refractivity contribution in [1.82, 2.24) is 5.32 Å². The van der Waals surface area contributed by atoms with Gasteiger partial charge in [0.05, 0.1) is 16.6 Å². The normalized spacial score (nSPS) is 22.1. The summed E-state index contributed by atoms with van der Waals surface area (Å²) in [7, 11) is 1.59. The van der Waals surface area contributed by atoms with Crippen molar-refractivity contribution in [3.63, 3.8) is 0 Å². The Morgan fingerprint density at radius 3 is 2.62 bits per heavy atom. The lowest BCUT2D eigenvalue weighted by molar-refractivity contribution is 0.0329. The maximum Gasteiger partial charge on any atom is 0.251 e. The molecule has 2 aromatic carbocycles. The topological polar surface area (TPSA) is 76.4 Å². The van der Waals surface area contributed by atoms with Crippen LogP contribution >= 0.6 is 11.6 Å². The van der Waals surface area contributed by atoms with Gasteiger partial charge in [-0.15, -0.1) is 0 Å². The zero-order chi connectivity index (χ0) is 18.9. The number of hydrogen-bond acceptors (Lipinski definition) is 4. The van der Waals surface area contributed by atoms with Gasteiger partial charge < -0.3 is 15.3 Å². The lowest BCUT2D eigenvalue weighted by Crippen LogP contribution is -2.40. The molecule has 1 aliphatic rings. The minimum Gasteiger partial charge on any atom is -0.383 e. The molecule has 2 aromatic rings. The van der Waals surface area contributed by atoms with Gasteiger partial charge in [0, 0.05) is 24.8 Å². The molecule has 0 radical (unpaired) electrons. The molecule has 2 atom stereocenters. The van der Waals surface area contributed by atoms with Gasteiger partial charge in [0.2, 0.25) is 0 Å². The molecule has 0 saturated carbocycles. The summed E-state index contributed by atoms with van der Waals surface area (Å²) in [4.78, 5) is 13.8. The number of halogens is 1. The first-order valence-electron chi connectivity index (χ1n) is 8.42. The van der Waals surface area contributed by atoms with Crippen molar-refractivity contribution in [2.24, 2.45) is 0 Å². The van der Waals surface area contributed by atoms with E-state index in [0.717, 1.165) is 11.3 Å². The van der Waals surface area contributed by atoms with Crippen LogP contribution in [0.4, 0.5) is 5.69 Å². The summed E-state index contributed by atoms with van der Waals surface area (Å²) in [5, 5.41) is 23.3. The highest BCUT2D eigenvalue weighted by molar-refractivity contribution is 6.32. The number of rotatable bonds is 3. The Morgan fingerprint density at radius 1 is 1.35 bits per heavy atom. The Kier molecular flexibility index (Phi) is 4.90. The molecule has 0 spiro atoms. The number of anilines is 1. The summed E-state index contributed by atoms with van der Waals surface area (Å²) in [6, 6.07) is 14.2. The largest absolute Gasteiger partial charge is 0.383 e. The Balaban J connectivity index is 1.87. The second-order valence-corrected chi connectivity index (χ2v) is 6.88. The van der Waals surface area contributed by atoms with Crippen LogP contribution in [0.3, 0.4) is 0 Å². The van der Waals surface area contributed by atoms with Gasteiger partial charge in [-0.25, -0.2) is 0 Å². The minimum absolute atomic E-state index is 0.156. The standard InChI is InChI=1S/C20H20ClN3O2/c1-13-20(26,16-6-3-14(4-7-16)19(25)23-2)9-10-24(13)17-8-5-15(12-22)18(21)11-17/h3-8,11,13,26H,9-10H2,1-2H3,(H,23,25)/t13-,20-/m0/s1. The Morgan fingerprint density at radius 2 is 2.04 bits per heavy atom. The van der Waals surface area contributed by atoms with E-state index in [1.165, 1.54) is 0 Å². The molecule has 5 nitrogen and oxygen atoms in total. The van der Waals surface area contributed by atoms with E-state index in [0.29, 0.717) is 29.1 Å². The van der Waals surface area contributed by atoms with Crippen LogP contribution in [0.1, 0.15) is 34.8 Å². The van der Waals surface area contributed by atoms with Crippen molar-refractivity contribution in [2.75, 3.05) is 18.5 Å². The molecular weight excluding hydrogens is 350 g/mol. The number of nitrogens with zero attached hydrogens (tertiary/aromatic N) is 2. The van der Waals surface area contributed by atoms with Crippen molar-refractivity contribution >= 4 is 23.2 Å². The smallest absolute Gasteiger partial charge is 0.251 e. The van der Waals surface area contributed by atoms with Crippen LogP contribution in [0.5, 0.6) is 0 Å². The van der Waals surface area contributed by atoms with E-state index in [2.05, 4.69) is 16.3 Å². The maximum absolute atomic E-state index is 11.7. The lowest BCUT2D eigenvalue weighted by Gasteiger charge is -2.33. The van der Waals surface area contributed by atoms with Gasteiger partial charge in [-0.1, -0.05) is 23.7 Å². The number of carbonyl (C=O) groups is 1. The first kappa shape index (κ1) is 18.2. The molecule has 2 N–H and O–H groups in total. The number of nitriles is 1. The Labute approximate surface area is 157 Å². The zero-order valence-electron chi connectivity index (χ0n) is 14.7. The predicted octanol–water partition coefficient (Wildman–Crippen LogP) is 3.06. The summed E-state index contributed by atoms with van der Waals surface area (Å²) in [5.41, 5.74) is 1.62. The molecule has 26 heavy (non-hydrogen) atoms. The third kappa shape index (κ3) is 3.03. The number of amides is 1. The third-order valence-corrected chi connectivity index (χ3v) is 5.48. The Hall–Kier alpha value is -2.55. The fourth-order valence-electron chi connectivity index (χ4n) is 3.52. The second-order valence-electron chi connectivity index (χ2n) is 6.48. The molecular formula is C20H20ClN3O2. The maximum atomic E-state index is 11.7. The van der Waals surface area contributed by atoms with Crippen LogP contribution in [-0.2, 0) is 5.60 Å². The van der Waals surface area contributed by atoms with E-state index in [9.17, 15) is 9.90 Å². The first-order chi connectivity index (χ1) is 12.4. The molecule has 0 aromatic heterocycles. The summed E-state index contributed by atoms with van der Waals surface area (Å²) in [5.74, 6) is -0.156. The minimum atomic E-state index is -1.03. The van der Waals surface area contributed by atoms with Gasteiger partial charge in [-0.2, -0.15) is 5.26 Å². The summed E-state index contributed by atoms with van der Waals surface area (Å²) in [6.07, 6.45) is 0.561. The number of aliphatic hydroxyl groups is 1. The summed E-state index contributed by atoms with van der Waals surface area (Å²) < 4.78 is 0. The highest BCUT2D eigenvalue weighted by Gasteiger charge is 2.44. The monoisotopic (exact) mass is 369 g/mol. The third-order valence-electron chi connectivity index (χ3n) is 5.17. The van der Waals surface area contributed by atoms with Gasteiger partial charge in [0.25, 0.3) is 5.91 Å². The van der Waals surface area contributed by atoms with Crippen LogP contribution in [0.2, 0.25) is 5.02 Å². The molecule has 3 rings (SSSR count). The molecule has 1 fully saturated rings. The van der Waals surface area contributed by atoms with Crippen LogP contribution < -0.4 is 10.2 Å². The average Bonchev–Trinajstić information content (AvgIpc) is 2.97. The van der Waals surface area contributed by atoms with E-state index in [1.54, 1.807) is 43.4 Å². The molecule has 6 heteroatoms. The zero-order valence-corrected chi connectivity index (χ0v) is 15.4. The van der Waals surface area contributed by atoms with Crippen molar-refractivity contribution in [1.29, 1.82) is 5.26 Å². The quantitative estimate of drug-likeness (QED) is 0.871. The molecule has 1 saturated heterocycles. The highest BCUT2D eigenvalue weighted by atomic mass is 35.5. The van der Waals surface area contributed by atoms with Gasteiger partial charge in [-0.3, -0.25) is 4.79 Å². The molecule has 0 aliphatic carbocycles. The molecule has 1 aliphatic heterocycles. The van der Waals surface area contributed by atoms with Crippen molar-refractivity contribution in [3.8, 4) is 6.07 Å². The van der Waals surface area contributed by atoms with Gasteiger partial charge in [0.15, 0.2) is 0 Å². The molecule has 1 amide bonds. The number of hydrogen-bond donors (Lipinski definition) is 2. The lowest BCUT2D eigenvalue weighted by atomic mass is 9.86. The summed E-state index contributed by atoms with van der Waals surface area (Å²) in [6.45, 7) is 2.63. The van der Waals surface area contributed by atoms with Crippen molar-refractivity contribution < 1.29 is 9.90 Å². The summed E-state index contributed by atoms with van der Waals surface area (Å²) >= 11 is 6.16. The SMILES string of the molecule is CNC(=O)c1ccc([C@]2(O)CCN(c3ccc(C#N)c(Cl)c3)[C@H]2C)cc1. The fraction of sp³-hybridized carbons (Fsp3) is 0.300. The van der Waals surface area contributed by atoms with E-state index in [1.807, 2.05) is 13.0 Å². The number of carbonyl (C=O) groups excluding carboxylic acids is 1. The second kappa shape index (κ2) is 6.99. The molecule has 0 bridgehead atoms. The Bertz CT molecular complexity index is 876. The van der Waals surface area contributed by atoms with E-state index >= 15 is 0 Å². The first-order valence-corrected chi connectivity index (χ1v) is 8.80.